The molecule has 9 heteroatoms. The minimum Gasteiger partial charge on any atom is -0.387 e. The Bertz CT molecular complexity index is 315. The summed E-state index contributed by atoms with van der Waals surface area (Å²) in [5.74, 6) is -1.84. The van der Waals surface area contributed by atoms with E-state index in [0.29, 0.717) is 0 Å². The van der Waals surface area contributed by atoms with Gasteiger partial charge >= 0.3 is 12.4 Å². The first-order chi connectivity index (χ1) is 7.52. The predicted octanol–water partition coefficient (Wildman–Crippen LogP) is 0.784. The molecular weight excluding hydrogens is 276 g/mol. The van der Waals surface area contributed by atoms with Crippen LogP contribution in [-0.4, -0.2) is 40.5 Å². The molecule has 1 saturated carbocycles. The van der Waals surface area contributed by atoms with Gasteiger partial charge in [-0.05, 0) is 6.42 Å². The maximum absolute atomic E-state index is 12.8. The van der Waals surface area contributed by atoms with Gasteiger partial charge in [-0.25, -0.2) is 0 Å². The standard InChI is InChI=1S/C8H8ClF6NO/c9-4-2-1-3(17)5(4)16-6(2,7(10,11)12)8(13,14)15/h2-5,16-17H,1H2/p+1/t2-,3+,4+,5+/m0/s1. The molecule has 1 heterocycles. The molecule has 1 saturated heterocycles. The van der Waals surface area contributed by atoms with Crippen LogP contribution >= 0.6 is 11.6 Å². The molecule has 0 aromatic rings. The van der Waals surface area contributed by atoms with Crippen LogP contribution in [0.1, 0.15) is 6.42 Å². The fourth-order valence-corrected chi connectivity index (χ4v) is 3.41. The summed E-state index contributed by atoms with van der Waals surface area (Å²) in [5, 5.41) is 8.12. The quantitative estimate of drug-likeness (QED) is 0.501. The molecule has 0 amide bonds. The summed E-state index contributed by atoms with van der Waals surface area (Å²) in [4.78, 5) is 0. The number of quaternary nitrogens is 1. The lowest BCUT2D eigenvalue weighted by Crippen LogP contribution is -3.07. The molecule has 2 rings (SSSR count). The third-order valence-electron chi connectivity index (χ3n) is 3.67. The van der Waals surface area contributed by atoms with Crippen LogP contribution in [0.25, 0.3) is 0 Å². The fraction of sp³-hybridized carbons (Fsp3) is 1.00. The van der Waals surface area contributed by atoms with Crippen molar-refractivity contribution in [1.29, 1.82) is 0 Å². The van der Waals surface area contributed by atoms with Gasteiger partial charge in [0.05, 0.1) is 11.3 Å². The van der Waals surface area contributed by atoms with Gasteiger partial charge in [-0.3, -0.25) is 0 Å². The first kappa shape index (κ1) is 13.2. The smallest absolute Gasteiger partial charge is 0.387 e. The van der Waals surface area contributed by atoms with Gasteiger partial charge in [-0.15, -0.1) is 11.6 Å². The normalized spacial score (nSPS) is 40.9. The molecular formula is C8H9ClF6NO+. The molecule has 100 valence electrons. The lowest BCUT2D eigenvalue weighted by atomic mass is 9.82. The first-order valence-electron chi connectivity index (χ1n) is 4.84. The van der Waals surface area contributed by atoms with Gasteiger partial charge in [-0.2, -0.15) is 26.3 Å². The van der Waals surface area contributed by atoms with Gasteiger partial charge in [0.2, 0.25) is 0 Å². The highest BCUT2D eigenvalue weighted by atomic mass is 35.5. The molecule has 0 aromatic heterocycles. The van der Waals surface area contributed by atoms with E-state index in [1.54, 1.807) is 0 Å². The van der Waals surface area contributed by atoms with Crippen LogP contribution in [0.3, 0.4) is 0 Å². The molecule has 0 radical (unpaired) electrons. The summed E-state index contributed by atoms with van der Waals surface area (Å²) in [6.07, 6.45) is -12.7. The van der Waals surface area contributed by atoms with Crippen molar-refractivity contribution in [3.05, 3.63) is 0 Å². The van der Waals surface area contributed by atoms with E-state index in [1.165, 1.54) is 0 Å². The summed E-state index contributed by atoms with van der Waals surface area (Å²) < 4.78 is 76.7. The lowest BCUT2D eigenvalue weighted by molar-refractivity contribution is -0.800. The van der Waals surface area contributed by atoms with Gasteiger partial charge in [0.25, 0.3) is 5.54 Å². The fourth-order valence-electron chi connectivity index (χ4n) is 2.87. The highest BCUT2D eigenvalue weighted by Crippen LogP contribution is 2.54. The number of aliphatic hydroxyl groups excluding tert-OH is 1. The summed E-state index contributed by atoms with van der Waals surface area (Å²) in [6, 6.07) is -1.26. The monoisotopic (exact) mass is 284 g/mol. The highest BCUT2D eigenvalue weighted by molar-refractivity contribution is 6.21. The van der Waals surface area contributed by atoms with Crippen LogP contribution in [0, 0.1) is 5.92 Å². The molecule has 2 nitrogen and oxygen atoms in total. The van der Waals surface area contributed by atoms with E-state index >= 15 is 0 Å². The van der Waals surface area contributed by atoms with Gasteiger partial charge < -0.3 is 10.4 Å². The van der Waals surface area contributed by atoms with Crippen LogP contribution in [0.15, 0.2) is 0 Å². The van der Waals surface area contributed by atoms with Crippen molar-refractivity contribution >= 4 is 11.6 Å². The van der Waals surface area contributed by atoms with E-state index in [9.17, 15) is 31.4 Å². The van der Waals surface area contributed by atoms with E-state index in [1.807, 2.05) is 0 Å². The minimum absolute atomic E-state index is 0.142. The second-order valence-electron chi connectivity index (χ2n) is 4.46. The van der Waals surface area contributed by atoms with Crippen LogP contribution in [0.2, 0.25) is 0 Å². The topological polar surface area (TPSA) is 36.8 Å². The highest BCUT2D eigenvalue weighted by Gasteiger charge is 2.85. The summed E-state index contributed by atoms with van der Waals surface area (Å²) in [7, 11) is 0. The van der Waals surface area contributed by atoms with Gasteiger partial charge in [0.1, 0.15) is 12.1 Å². The molecule has 17 heavy (non-hydrogen) atoms. The Morgan fingerprint density at radius 3 is 1.82 bits per heavy atom. The molecule has 2 fully saturated rings. The first-order valence-corrected chi connectivity index (χ1v) is 5.27. The number of rotatable bonds is 0. The van der Waals surface area contributed by atoms with Crippen molar-refractivity contribution < 1.29 is 36.8 Å². The maximum Gasteiger partial charge on any atom is 0.454 e. The molecule has 0 unspecified atom stereocenters. The molecule has 2 bridgehead atoms. The zero-order chi connectivity index (χ0) is 13.2. The number of piperidine rings is 1. The van der Waals surface area contributed by atoms with Gasteiger partial charge in [-0.1, -0.05) is 0 Å². The van der Waals surface area contributed by atoms with Crippen molar-refractivity contribution in [1.82, 2.24) is 0 Å². The summed E-state index contributed by atoms with van der Waals surface area (Å²) >= 11 is 5.58. The lowest BCUT2D eigenvalue weighted by Gasteiger charge is -2.38. The summed E-state index contributed by atoms with van der Waals surface area (Å²) in [5.41, 5.74) is -3.88. The Morgan fingerprint density at radius 1 is 1.12 bits per heavy atom. The zero-order valence-electron chi connectivity index (χ0n) is 8.19. The second-order valence-corrected chi connectivity index (χ2v) is 4.97. The minimum atomic E-state index is -5.45. The number of halogens is 7. The second kappa shape index (κ2) is 3.42. The van der Waals surface area contributed by atoms with E-state index in [-0.39, 0.29) is 5.32 Å². The summed E-state index contributed by atoms with van der Waals surface area (Å²) in [6.45, 7) is 0. The number of alkyl halides is 7. The van der Waals surface area contributed by atoms with E-state index in [4.69, 9.17) is 11.6 Å². The number of hydrogen-bond acceptors (Lipinski definition) is 1. The predicted molar refractivity (Wildman–Crippen MR) is 44.3 cm³/mol. The molecule has 3 N–H and O–H groups in total. The number of hydrogen-bond donors (Lipinski definition) is 2. The van der Waals surface area contributed by atoms with Crippen LogP contribution < -0.4 is 5.32 Å². The van der Waals surface area contributed by atoms with E-state index in [2.05, 4.69) is 0 Å². The Morgan fingerprint density at radius 2 is 1.59 bits per heavy atom. The van der Waals surface area contributed by atoms with Crippen molar-refractivity contribution in [2.75, 3.05) is 0 Å². The third-order valence-corrected chi connectivity index (χ3v) is 4.27. The van der Waals surface area contributed by atoms with E-state index in [0.717, 1.165) is 0 Å². The van der Waals surface area contributed by atoms with Crippen LogP contribution in [-0.2, 0) is 0 Å². The number of nitrogens with two attached hydrogens (primary N) is 1. The maximum atomic E-state index is 12.8. The average Bonchev–Trinajstić information content (AvgIpc) is 2.53. The van der Waals surface area contributed by atoms with Crippen molar-refractivity contribution in [3.63, 3.8) is 0 Å². The molecule has 4 atom stereocenters. The number of fused-ring (bicyclic) bond motifs is 2. The van der Waals surface area contributed by atoms with E-state index < -0.39 is 47.8 Å². The van der Waals surface area contributed by atoms with Crippen LogP contribution in [0.4, 0.5) is 26.3 Å². The Kier molecular flexibility index (Phi) is 2.66. The molecule has 0 aromatic carbocycles. The van der Waals surface area contributed by atoms with Crippen LogP contribution in [0.5, 0.6) is 0 Å². The number of aliphatic hydroxyl groups is 1. The molecule has 0 spiro atoms. The third kappa shape index (κ3) is 1.50. The zero-order valence-corrected chi connectivity index (χ0v) is 8.94. The average molecular weight is 285 g/mol. The molecule has 1 aliphatic carbocycles. The molecule has 2 aliphatic rings. The SMILES string of the molecule is O[C@@H]1C[C@H]2[C@@H](Cl)[C@@H]1[NH2+]C2(C(F)(F)F)C(F)(F)F. The van der Waals surface area contributed by atoms with Gasteiger partial charge in [0, 0.05) is 0 Å². The van der Waals surface area contributed by atoms with Crippen molar-refractivity contribution in [2.45, 2.75) is 41.8 Å². The Balaban J connectivity index is 2.48. The van der Waals surface area contributed by atoms with Gasteiger partial charge in [0.15, 0.2) is 0 Å². The molecule has 1 aliphatic heterocycles. The van der Waals surface area contributed by atoms with Crippen molar-refractivity contribution in [2.24, 2.45) is 5.92 Å². The van der Waals surface area contributed by atoms with Crippen molar-refractivity contribution in [3.8, 4) is 0 Å². The Hall–Kier alpha value is -0.210. The largest absolute Gasteiger partial charge is 0.454 e. The Labute approximate surface area is 96.9 Å².